The highest BCUT2D eigenvalue weighted by Crippen LogP contribution is 2.30. The van der Waals surface area contributed by atoms with Gasteiger partial charge >= 0.3 is 12.2 Å². The van der Waals surface area contributed by atoms with Gasteiger partial charge in [0.2, 0.25) is 0 Å². The lowest BCUT2D eigenvalue weighted by Gasteiger charge is -2.17. The van der Waals surface area contributed by atoms with Gasteiger partial charge in [-0.1, -0.05) is 11.3 Å². The molecule has 1 atom stereocenters. The third kappa shape index (κ3) is 3.67. The van der Waals surface area contributed by atoms with Crippen molar-refractivity contribution < 1.29 is 19.1 Å². The molecule has 1 aromatic carbocycles. The van der Waals surface area contributed by atoms with Crippen LogP contribution in [0.25, 0.3) is 11.1 Å². The van der Waals surface area contributed by atoms with E-state index in [1.165, 1.54) is 4.90 Å². The van der Waals surface area contributed by atoms with Crippen LogP contribution in [0, 0.1) is 6.92 Å². The Morgan fingerprint density at radius 2 is 1.97 bits per heavy atom. The molecule has 3 aromatic rings. The van der Waals surface area contributed by atoms with Gasteiger partial charge in [0.05, 0.1) is 31.5 Å². The van der Waals surface area contributed by atoms with E-state index in [1.807, 2.05) is 31.2 Å². The maximum absolute atomic E-state index is 12.4. The Bertz CT molecular complexity index is 1120. The first-order chi connectivity index (χ1) is 15.1. The van der Waals surface area contributed by atoms with Crippen molar-refractivity contribution in [3.8, 4) is 11.1 Å². The van der Waals surface area contributed by atoms with Crippen LogP contribution >= 0.6 is 0 Å². The Balaban J connectivity index is 1.32. The van der Waals surface area contributed by atoms with Gasteiger partial charge in [-0.3, -0.25) is 9.80 Å². The topological polar surface area (TPSA) is 103 Å². The lowest BCUT2D eigenvalue weighted by atomic mass is 10.0. The molecule has 4 heterocycles. The molecule has 10 nitrogen and oxygen atoms in total. The number of hydrogen-bond donors (Lipinski definition) is 0. The summed E-state index contributed by atoms with van der Waals surface area (Å²) >= 11 is 0. The molecule has 2 aliphatic rings. The highest BCUT2D eigenvalue weighted by atomic mass is 16.6. The molecule has 0 bridgehead atoms. The first-order valence-electron chi connectivity index (χ1n) is 9.92. The summed E-state index contributed by atoms with van der Waals surface area (Å²) in [5, 5.41) is 7.70. The zero-order chi connectivity index (χ0) is 21.4. The first kappa shape index (κ1) is 19.0. The number of ether oxygens (including phenoxy) is 2. The van der Waals surface area contributed by atoms with Crippen molar-refractivity contribution >= 4 is 23.7 Å². The van der Waals surface area contributed by atoms with Gasteiger partial charge in [0, 0.05) is 18.0 Å². The zero-order valence-electron chi connectivity index (χ0n) is 16.8. The van der Waals surface area contributed by atoms with Crippen LogP contribution in [-0.2, 0) is 16.0 Å². The van der Waals surface area contributed by atoms with Crippen molar-refractivity contribution in [3.63, 3.8) is 0 Å². The number of cyclic esters (lactones) is 2. The number of hydrogen-bond acceptors (Lipinski definition) is 7. The molecule has 0 spiro atoms. The van der Waals surface area contributed by atoms with E-state index in [0.717, 1.165) is 22.4 Å². The van der Waals surface area contributed by atoms with E-state index in [2.05, 4.69) is 15.3 Å². The summed E-state index contributed by atoms with van der Waals surface area (Å²) < 4.78 is 12.1. The number of benzene rings is 1. The van der Waals surface area contributed by atoms with Crippen LogP contribution in [0.5, 0.6) is 0 Å². The molecule has 0 aliphatic carbocycles. The predicted octanol–water partition coefficient (Wildman–Crippen LogP) is 2.63. The lowest BCUT2D eigenvalue weighted by Crippen LogP contribution is -2.26. The number of carbonyl (C=O) groups excluding carboxylic acids is 2. The van der Waals surface area contributed by atoms with Gasteiger partial charge in [-0.25, -0.2) is 19.3 Å². The second-order valence-corrected chi connectivity index (χ2v) is 7.41. The van der Waals surface area contributed by atoms with Crippen molar-refractivity contribution in [2.75, 3.05) is 29.5 Å². The molecule has 2 fully saturated rings. The van der Waals surface area contributed by atoms with Crippen molar-refractivity contribution in [2.45, 2.75) is 19.6 Å². The Morgan fingerprint density at radius 3 is 2.65 bits per heavy atom. The van der Waals surface area contributed by atoms with E-state index in [4.69, 9.17) is 9.47 Å². The van der Waals surface area contributed by atoms with Crippen LogP contribution in [0.1, 0.15) is 5.56 Å². The van der Waals surface area contributed by atoms with E-state index in [9.17, 15) is 9.59 Å². The maximum atomic E-state index is 12.4. The third-order valence-electron chi connectivity index (χ3n) is 5.34. The van der Waals surface area contributed by atoms with Gasteiger partial charge < -0.3 is 9.47 Å². The van der Waals surface area contributed by atoms with Gasteiger partial charge in [0.15, 0.2) is 0 Å². The monoisotopic (exact) mass is 420 g/mol. The Labute approximate surface area is 178 Å². The molecule has 0 saturated carbocycles. The minimum Gasteiger partial charge on any atom is -0.447 e. The molecule has 1 unspecified atom stereocenters. The van der Waals surface area contributed by atoms with Crippen molar-refractivity contribution in [3.05, 3.63) is 54.5 Å². The number of aryl methyl sites for hydroxylation is 1. The van der Waals surface area contributed by atoms with Gasteiger partial charge in [-0.2, -0.15) is 0 Å². The van der Waals surface area contributed by atoms with Crippen LogP contribution in [-0.4, -0.2) is 58.0 Å². The van der Waals surface area contributed by atoms with E-state index < -0.39 is 0 Å². The van der Waals surface area contributed by atoms with Crippen molar-refractivity contribution in [1.29, 1.82) is 0 Å². The van der Waals surface area contributed by atoms with E-state index >= 15 is 0 Å². The molecule has 0 radical (unpaired) electrons. The molecule has 2 aromatic heterocycles. The van der Waals surface area contributed by atoms with Gasteiger partial charge in [-0.05, 0) is 42.3 Å². The number of pyridine rings is 1. The maximum Gasteiger partial charge on any atom is 0.415 e. The molecule has 31 heavy (non-hydrogen) atoms. The predicted molar refractivity (Wildman–Crippen MR) is 111 cm³/mol. The largest absolute Gasteiger partial charge is 0.447 e. The Morgan fingerprint density at radius 1 is 1.10 bits per heavy atom. The summed E-state index contributed by atoms with van der Waals surface area (Å²) in [5.74, 6) is 0.567. The highest BCUT2D eigenvalue weighted by molar-refractivity contribution is 5.91. The summed E-state index contributed by atoms with van der Waals surface area (Å²) in [6, 6.07) is 9.59. The fourth-order valence-electron chi connectivity index (χ4n) is 3.81. The fraction of sp³-hybridized carbons (Fsp3) is 0.286. The first-order valence-corrected chi connectivity index (χ1v) is 9.92. The third-order valence-corrected chi connectivity index (χ3v) is 5.34. The summed E-state index contributed by atoms with van der Waals surface area (Å²) in [6.07, 6.45) is 4.03. The van der Waals surface area contributed by atoms with Crippen molar-refractivity contribution in [2.24, 2.45) is 0 Å². The molecule has 2 aliphatic heterocycles. The number of aromatic nitrogens is 4. The normalized spacial score (nSPS) is 18.4. The molecule has 10 heteroatoms. The summed E-state index contributed by atoms with van der Waals surface area (Å²) in [5.41, 5.74) is 3.64. The second kappa shape index (κ2) is 7.71. The molecule has 0 N–H and O–H groups in total. The average Bonchev–Trinajstić information content (AvgIpc) is 3.51. The quantitative estimate of drug-likeness (QED) is 0.625. The molecular formula is C21H20N6O4. The van der Waals surface area contributed by atoms with Crippen LogP contribution in [0.3, 0.4) is 0 Å². The minimum atomic E-state index is -0.375. The molecule has 158 valence electrons. The Hall–Kier alpha value is -3.95. The summed E-state index contributed by atoms with van der Waals surface area (Å²) in [6.45, 7) is 3.74. The van der Waals surface area contributed by atoms with Crippen molar-refractivity contribution in [1.82, 2.24) is 20.0 Å². The van der Waals surface area contributed by atoms with Crippen LogP contribution in [0.2, 0.25) is 0 Å². The van der Waals surface area contributed by atoms with E-state index in [0.29, 0.717) is 32.1 Å². The van der Waals surface area contributed by atoms with E-state index in [-0.39, 0.29) is 18.3 Å². The molecule has 5 rings (SSSR count). The fourth-order valence-corrected chi connectivity index (χ4v) is 3.81. The van der Waals surface area contributed by atoms with Crippen LogP contribution in [0.4, 0.5) is 21.1 Å². The van der Waals surface area contributed by atoms with Crippen LogP contribution < -0.4 is 9.80 Å². The summed E-state index contributed by atoms with van der Waals surface area (Å²) in [4.78, 5) is 31.7. The minimum absolute atomic E-state index is 0.290. The summed E-state index contributed by atoms with van der Waals surface area (Å²) in [7, 11) is 0. The second-order valence-electron chi connectivity index (χ2n) is 7.41. The number of nitrogens with zero attached hydrogens (tertiary/aromatic N) is 6. The average molecular weight is 420 g/mol. The lowest BCUT2D eigenvalue weighted by molar-refractivity contribution is 0.129. The molecule has 2 saturated heterocycles. The van der Waals surface area contributed by atoms with Gasteiger partial charge in [0.25, 0.3) is 0 Å². The standard InChI is InChI=1S/C21H20N6O4/c1-14-10-15(16-3-5-19(22-11-16)26-8-9-30-20(26)28)2-4-18(14)27-13-17(31-21(27)29)12-25-7-6-23-24-25/h2-7,10-11,17H,8-9,12-13H2,1H3. The van der Waals surface area contributed by atoms with Crippen LogP contribution in [0.15, 0.2) is 48.9 Å². The zero-order valence-corrected chi connectivity index (χ0v) is 16.8. The van der Waals surface area contributed by atoms with E-state index in [1.54, 1.807) is 34.2 Å². The smallest absolute Gasteiger partial charge is 0.415 e. The SMILES string of the molecule is Cc1cc(-c2ccc(N3CCOC3=O)nc2)ccc1N1CC(Cn2ccnn2)OC1=O. The number of amides is 2. The number of carbonyl (C=O) groups is 2. The van der Waals surface area contributed by atoms with Gasteiger partial charge in [0.1, 0.15) is 18.5 Å². The number of rotatable bonds is 5. The highest BCUT2D eigenvalue weighted by Gasteiger charge is 2.33. The number of anilines is 2. The van der Waals surface area contributed by atoms with Gasteiger partial charge in [-0.15, -0.1) is 5.10 Å². The molecular weight excluding hydrogens is 400 g/mol. The Kier molecular flexibility index (Phi) is 4.73. The molecule has 2 amide bonds.